The van der Waals surface area contributed by atoms with E-state index in [0.29, 0.717) is 5.56 Å². The van der Waals surface area contributed by atoms with Gasteiger partial charge in [-0.1, -0.05) is 60.7 Å². The van der Waals surface area contributed by atoms with Gasteiger partial charge < -0.3 is 14.3 Å². The molecule has 4 aromatic carbocycles. The third kappa shape index (κ3) is 2.19. The van der Waals surface area contributed by atoms with Gasteiger partial charge >= 0.3 is 5.97 Å². The van der Waals surface area contributed by atoms with Gasteiger partial charge in [0.05, 0.1) is 34.9 Å². The molecule has 0 aliphatic carbocycles. The Kier molecular flexibility index (Phi) is 3.50. The molecule has 0 aliphatic heterocycles. The summed E-state index contributed by atoms with van der Waals surface area (Å²) in [5.41, 5.74) is 5.60. The van der Waals surface area contributed by atoms with Crippen LogP contribution in [0, 0.1) is 0 Å². The minimum absolute atomic E-state index is 0.339. The number of hydrogen-bond acceptors (Lipinski definition) is 2. The summed E-state index contributed by atoms with van der Waals surface area (Å²) in [6.45, 7) is 0. The Morgan fingerprint density at radius 3 is 2.33 bits per heavy atom. The molecule has 6 rings (SSSR count). The fourth-order valence-electron chi connectivity index (χ4n) is 4.59. The quantitative estimate of drug-likeness (QED) is 0.358. The van der Waals surface area contributed by atoms with Crippen LogP contribution in [0.25, 0.3) is 49.3 Å². The first-order chi connectivity index (χ1) is 14.8. The van der Waals surface area contributed by atoms with Crippen LogP contribution in [-0.4, -0.2) is 22.6 Å². The van der Waals surface area contributed by atoms with Crippen LogP contribution < -0.4 is 0 Å². The molecule has 0 unspecified atom stereocenters. The van der Waals surface area contributed by atoms with Gasteiger partial charge in [-0.05, 0) is 24.3 Å². The topological polar surface area (TPSA) is 47.0 Å². The van der Waals surface area contributed by atoms with E-state index in [2.05, 4.69) is 64.1 Å². The van der Waals surface area contributed by atoms with Crippen molar-refractivity contribution in [3.63, 3.8) is 0 Å². The highest BCUT2D eigenvalue weighted by molar-refractivity contribution is 6.17. The summed E-state index contributed by atoms with van der Waals surface area (Å²) in [5.74, 6) is -0.339. The van der Waals surface area contributed by atoms with E-state index in [4.69, 9.17) is 4.74 Å². The predicted octanol–water partition coefficient (Wildman–Crippen LogP) is 6.20. The lowest BCUT2D eigenvalue weighted by Gasteiger charge is -2.11. The molecule has 0 atom stereocenters. The highest BCUT2D eigenvalue weighted by Crippen LogP contribution is 2.37. The van der Waals surface area contributed by atoms with Crippen LogP contribution in [0.1, 0.15) is 10.4 Å². The number of para-hydroxylation sites is 4. The van der Waals surface area contributed by atoms with Gasteiger partial charge in [0.15, 0.2) is 0 Å². The van der Waals surface area contributed by atoms with Crippen LogP contribution >= 0.6 is 0 Å². The molecule has 0 spiro atoms. The summed E-state index contributed by atoms with van der Waals surface area (Å²) in [6.07, 6.45) is 0. The van der Waals surface area contributed by atoms with Gasteiger partial charge in [0.1, 0.15) is 0 Å². The maximum atomic E-state index is 12.6. The van der Waals surface area contributed by atoms with Gasteiger partial charge in [0.25, 0.3) is 0 Å². The molecule has 0 bridgehead atoms. The van der Waals surface area contributed by atoms with Crippen LogP contribution in [-0.2, 0) is 4.74 Å². The number of methoxy groups -OCH3 is 1. The third-order valence-corrected chi connectivity index (χ3v) is 5.86. The van der Waals surface area contributed by atoms with E-state index < -0.39 is 0 Å². The maximum absolute atomic E-state index is 12.6. The summed E-state index contributed by atoms with van der Waals surface area (Å²) in [5, 5.41) is 4.47. The van der Waals surface area contributed by atoms with Crippen molar-refractivity contribution in [2.24, 2.45) is 0 Å². The number of H-pyrrole nitrogens is 1. The number of carbonyl (C=O) groups is 1. The minimum atomic E-state index is -0.339. The van der Waals surface area contributed by atoms with E-state index in [9.17, 15) is 4.79 Å². The normalized spacial score (nSPS) is 11.6. The Morgan fingerprint density at radius 2 is 1.47 bits per heavy atom. The van der Waals surface area contributed by atoms with Gasteiger partial charge in [-0.15, -0.1) is 0 Å². The molecule has 1 N–H and O–H groups in total. The van der Waals surface area contributed by atoms with Gasteiger partial charge in [-0.3, -0.25) is 0 Å². The fourth-order valence-corrected chi connectivity index (χ4v) is 4.59. The number of esters is 1. The van der Waals surface area contributed by atoms with E-state index in [1.54, 1.807) is 0 Å². The molecule has 0 fully saturated rings. The zero-order chi connectivity index (χ0) is 20.2. The van der Waals surface area contributed by atoms with Crippen LogP contribution in [0.2, 0.25) is 0 Å². The Morgan fingerprint density at radius 1 is 0.767 bits per heavy atom. The van der Waals surface area contributed by atoms with E-state index in [1.807, 2.05) is 30.3 Å². The minimum Gasteiger partial charge on any atom is -0.465 e. The van der Waals surface area contributed by atoms with E-state index in [0.717, 1.165) is 43.9 Å². The van der Waals surface area contributed by atoms with Crippen molar-refractivity contribution in [1.29, 1.82) is 0 Å². The third-order valence-electron chi connectivity index (χ3n) is 5.86. The average Bonchev–Trinajstić information content (AvgIpc) is 3.34. The second-order valence-electron chi connectivity index (χ2n) is 7.42. The Hall–Kier alpha value is -4.05. The van der Waals surface area contributed by atoms with Crippen LogP contribution in [0.5, 0.6) is 0 Å². The number of benzene rings is 4. The van der Waals surface area contributed by atoms with E-state index in [-0.39, 0.29) is 5.97 Å². The van der Waals surface area contributed by atoms with Crippen molar-refractivity contribution in [1.82, 2.24) is 9.55 Å². The van der Waals surface area contributed by atoms with Crippen molar-refractivity contribution < 1.29 is 9.53 Å². The number of hydrogen-bond donors (Lipinski definition) is 1. The van der Waals surface area contributed by atoms with Gasteiger partial charge in [0.2, 0.25) is 0 Å². The standard InChI is InChI=1S/C26H18N2O2/c1-30-26(29)20-12-6-11-19-17-9-3-5-14-22(17)28(25(19)20)23-15-7-10-18-16-8-2-4-13-21(16)27-24(18)23/h2-15,27H,1H3. The number of rotatable bonds is 2. The second-order valence-corrected chi connectivity index (χ2v) is 7.42. The molecule has 4 heteroatoms. The molecular weight excluding hydrogens is 372 g/mol. The zero-order valence-corrected chi connectivity index (χ0v) is 16.3. The molecule has 0 radical (unpaired) electrons. The highest BCUT2D eigenvalue weighted by Gasteiger charge is 2.20. The summed E-state index contributed by atoms with van der Waals surface area (Å²) < 4.78 is 7.28. The molecule has 2 heterocycles. The van der Waals surface area contributed by atoms with Gasteiger partial charge in [0, 0.05) is 27.1 Å². The molecule has 0 amide bonds. The van der Waals surface area contributed by atoms with Crippen molar-refractivity contribution in [3.05, 3.63) is 90.5 Å². The molecule has 2 aromatic heterocycles. The van der Waals surface area contributed by atoms with E-state index >= 15 is 0 Å². The molecule has 30 heavy (non-hydrogen) atoms. The first kappa shape index (κ1) is 16.9. The van der Waals surface area contributed by atoms with Crippen LogP contribution in [0.4, 0.5) is 0 Å². The molecule has 0 saturated carbocycles. The first-order valence-electron chi connectivity index (χ1n) is 9.88. The monoisotopic (exact) mass is 390 g/mol. The highest BCUT2D eigenvalue weighted by atomic mass is 16.5. The number of aromatic amines is 1. The lowest BCUT2D eigenvalue weighted by molar-refractivity contribution is 0.0602. The van der Waals surface area contributed by atoms with Crippen molar-refractivity contribution >= 4 is 49.6 Å². The largest absolute Gasteiger partial charge is 0.465 e. The predicted molar refractivity (Wildman–Crippen MR) is 121 cm³/mol. The smallest absolute Gasteiger partial charge is 0.340 e. The maximum Gasteiger partial charge on any atom is 0.340 e. The first-order valence-corrected chi connectivity index (χ1v) is 9.88. The Labute approximate surface area is 172 Å². The number of ether oxygens (including phenoxy) is 1. The number of nitrogens with zero attached hydrogens (tertiary/aromatic N) is 1. The SMILES string of the molecule is COC(=O)c1cccc2c3ccccc3n(-c3cccc4c3[nH]c3ccccc34)c12. The second kappa shape index (κ2) is 6.22. The molecule has 6 aromatic rings. The van der Waals surface area contributed by atoms with Gasteiger partial charge in [-0.25, -0.2) is 4.79 Å². The van der Waals surface area contributed by atoms with Crippen LogP contribution in [0.3, 0.4) is 0 Å². The lowest BCUT2D eigenvalue weighted by Crippen LogP contribution is -2.05. The van der Waals surface area contributed by atoms with Gasteiger partial charge in [-0.2, -0.15) is 0 Å². The molecular formula is C26H18N2O2. The zero-order valence-electron chi connectivity index (χ0n) is 16.3. The fraction of sp³-hybridized carbons (Fsp3) is 0.0385. The summed E-state index contributed by atoms with van der Waals surface area (Å²) in [6, 6.07) is 28.7. The van der Waals surface area contributed by atoms with Crippen molar-refractivity contribution in [2.45, 2.75) is 0 Å². The number of carbonyl (C=O) groups excluding carboxylic acids is 1. The average molecular weight is 390 g/mol. The number of fused-ring (bicyclic) bond motifs is 6. The number of aromatic nitrogens is 2. The molecule has 0 aliphatic rings. The Bertz CT molecular complexity index is 1600. The summed E-state index contributed by atoms with van der Waals surface area (Å²) in [4.78, 5) is 16.2. The van der Waals surface area contributed by atoms with E-state index in [1.165, 1.54) is 12.5 Å². The van der Waals surface area contributed by atoms with Crippen LogP contribution in [0.15, 0.2) is 84.9 Å². The van der Waals surface area contributed by atoms with Crippen molar-refractivity contribution in [2.75, 3.05) is 7.11 Å². The number of nitrogens with one attached hydrogen (secondary N) is 1. The molecule has 144 valence electrons. The van der Waals surface area contributed by atoms with Crippen molar-refractivity contribution in [3.8, 4) is 5.69 Å². The summed E-state index contributed by atoms with van der Waals surface area (Å²) in [7, 11) is 1.42. The molecule has 0 saturated heterocycles. The summed E-state index contributed by atoms with van der Waals surface area (Å²) >= 11 is 0. The lowest BCUT2D eigenvalue weighted by atomic mass is 10.1. The Balaban J connectivity index is 1.84. The molecule has 4 nitrogen and oxygen atoms in total.